The molecule has 1 aromatic heterocycles. The molecule has 2 aromatic rings. The molecule has 0 amide bonds. The van der Waals surface area contributed by atoms with Crippen LogP contribution >= 0.6 is 0 Å². The Labute approximate surface area is 130 Å². The molecule has 0 saturated carbocycles. The van der Waals surface area contributed by atoms with E-state index in [1.54, 1.807) is 12.3 Å². The minimum Gasteiger partial charge on any atom is -0.487 e. The number of halogens is 1. The van der Waals surface area contributed by atoms with E-state index in [1.165, 1.54) is 6.20 Å². The molecule has 0 unspecified atom stereocenters. The Kier molecular flexibility index (Phi) is 3.87. The number of nitrogens with one attached hydrogen (secondary N) is 1. The van der Waals surface area contributed by atoms with Crippen LogP contribution in [0.4, 0.5) is 4.39 Å². The van der Waals surface area contributed by atoms with E-state index in [-0.39, 0.29) is 23.5 Å². The molecule has 4 heteroatoms. The summed E-state index contributed by atoms with van der Waals surface area (Å²) >= 11 is 0. The van der Waals surface area contributed by atoms with Gasteiger partial charge >= 0.3 is 0 Å². The Morgan fingerprint density at radius 3 is 2.86 bits per heavy atom. The van der Waals surface area contributed by atoms with Crippen LogP contribution in [0, 0.1) is 5.82 Å². The first-order chi connectivity index (χ1) is 10.5. The van der Waals surface area contributed by atoms with E-state index in [9.17, 15) is 4.39 Å². The highest BCUT2D eigenvalue weighted by Gasteiger charge is 2.34. The molecule has 2 atom stereocenters. The summed E-state index contributed by atoms with van der Waals surface area (Å²) in [4.78, 5) is 3.81. The van der Waals surface area contributed by atoms with Crippen LogP contribution in [-0.4, -0.2) is 10.6 Å². The van der Waals surface area contributed by atoms with Gasteiger partial charge in [0.1, 0.15) is 17.2 Å². The van der Waals surface area contributed by atoms with Gasteiger partial charge in [-0.2, -0.15) is 0 Å². The highest BCUT2D eigenvalue weighted by atomic mass is 19.1. The van der Waals surface area contributed by atoms with Crippen molar-refractivity contribution in [3.05, 3.63) is 59.7 Å². The molecule has 0 fully saturated rings. The Morgan fingerprint density at radius 2 is 2.09 bits per heavy atom. The molecule has 116 valence electrons. The number of pyridine rings is 1. The lowest BCUT2D eigenvalue weighted by Crippen LogP contribution is -2.40. The van der Waals surface area contributed by atoms with Crippen LogP contribution in [0.2, 0.25) is 0 Å². The number of benzene rings is 1. The Bertz CT molecular complexity index is 672. The highest BCUT2D eigenvalue weighted by molar-refractivity contribution is 5.39. The largest absolute Gasteiger partial charge is 0.487 e. The number of para-hydroxylation sites is 1. The smallest absolute Gasteiger partial charge is 0.146 e. The first kappa shape index (κ1) is 15.0. The Hall–Kier alpha value is -1.94. The predicted molar refractivity (Wildman–Crippen MR) is 84.3 cm³/mol. The molecular weight excluding hydrogens is 279 g/mol. The summed E-state index contributed by atoms with van der Waals surface area (Å²) in [6.45, 7) is 6.13. The molecule has 0 saturated heterocycles. The average Bonchev–Trinajstić information content (AvgIpc) is 2.46. The van der Waals surface area contributed by atoms with Gasteiger partial charge in [0.05, 0.1) is 6.20 Å². The number of hydrogen-bond donors (Lipinski definition) is 1. The van der Waals surface area contributed by atoms with Crippen molar-refractivity contribution in [1.82, 2.24) is 10.3 Å². The van der Waals surface area contributed by atoms with E-state index in [2.05, 4.69) is 30.2 Å². The lowest BCUT2D eigenvalue weighted by molar-refractivity contribution is 0.0640. The molecule has 22 heavy (non-hydrogen) atoms. The Balaban J connectivity index is 1.87. The zero-order valence-corrected chi connectivity index (χ0v) is 13.1. The van der Waals surface area contributed by atoms with Gasteiger partial charge in [0.15, 0.2) is 0 Å². The normalized spacial score (nSPS) is 20.8. The van der Waals surface area contributed by atoms with Gasteiger partial charge in [0, 0.05) is 35.8 Å². The molecule has 1 aromatic carbocycles. The predicted octanol–water partition coefficient (Wildman–Crippen LogP) is 4.17. The van der Waals surface area contributed by atoms with Crippen LogP contribution in [0.3, 0.4) is 0 Å². The second kappa shape index (κ2) is 5.69. The molecule has 1 N–H and O–H groups in total. The third-order valence-corrected chi connectivity index (χ3v) is 4.10. The summed E-state index contributed by atoms with van der Waals surface area (Å²) in [6, 6.07) is 9.79. The van der Waals surface area contributed by atoms with Gasteiger partial charge in [-0.1, -0.05) is 18.2 Å². The molecular formula is C18H21FN2O. The molecule has 2 heterocycles. The van der Waals surface area contributed by atoms with E-state index < -0.39 is 0 Å². The lowest BCUT2D eigenvalue weighted by atomic mass is 9.89. The third kappa shape index (κ3) is 2.97. The summed E-state index contributed by atoms with van der Waals surface area (Å²) in [5, 5.41) is 3.54. The SMILES string of the molecule is C[C@H](N[C@@H]1CC(C)(C)Oc2ccccc21)c1ccncc1F. The monoisotopic (exact) mass is 300 g/mol. The molecule has 0 bridgehead atoms. The summed E-state index contributed by atoms with van der Waals surface area (Å²) in [5.41, 5.74) is 1.52. The lowest BCUT2D eigenvalue weighted by Gasteiger charge is -2.39. The first-order valence-corrected chi connectivity index (χ1v) is 7.60. The van der Waals surface area contributed by atoms with Crippen molar-refractivity contribution in [3.8, 4) is 5.75 Å². The first-order valence-electron chi connectivity index (χ1n) is 7.60. The summed E-state index contributed by atoms with van der Waals surface area (Å²) in [5.74, 6) is 0.626. The molecule has 3 nitrogen and oxygen atoms in total. The van der Waals surface area contributed by atoms with Crippen molar-refractivity contribution in [2.75, 3.05) is 0 Å². The fraction of sp³-hybridized carbons (Fsp3) is 0.389. The summed E-state index contributed by atoms with van der Waals surface area (Å²) < 4.78 is 20.0. The van der Waals surface area contributed by atoms with E-state index in [1.807, 2.05) is 25.1 Å². The molecule has 1 aliphatic rings. The maximum Gasteiger partial charge on any atom is 0.146 e. The zero-order chi connectivity index (χ0) is 15.7. The maximum absolute atomic E-state index is 13.9. The quantitative estimate of drug-likeness (QED) is 0.923. The minimum atomic E-state index is -0.276. The number of hydrogen-bond acceptors (Lipinski definition) is 3. The third-order valence-electron chi connectivity index (χ3n) is 4.10. The summed E-state index contributed by atoms with van der Waals surface area (Å²) in [6.07, 6.45) is 3.72. The van der Waals surface area contributed by atoms with Crippen molar-refractivity contribution in [1.29, 1.82) is 0 Å². The van der Waals surface area contributed by atoms with Gasteiger partial charge in [-0.25, -0.2) is 4.39 Å². The average molecular weight is 300 g/mol. The van der Waals surface area contributed by atoms with Gasteiger partial charge in [-0.05, 0) is 32.9 Å². The standard InChI is InChI=1S/C18H21FN2O/c1-12(13-8-9-20-11-15(13)19)21-16-10-18(2,3)22-17-7-5-4-6-14(16)17/h4-9,11-12,16,21H,10H2,1-3H3/t12-,16+/m0/s1. The molecule has 1 aliphatic heterocycles. The van der Waals surface area contributed by atoms with Crippen molar-refractivity contribution < 1.29 is 9.13 Å². The van der Waals surface area contributed by atoms with Gasteiger partial charge in [0.25, 0.3) is 0 Å². The van der Waals surface area contributed by atoms with Crippen molar-refractivity contribution in [2.45, 2.75) is 44.9 Å². The van der Waals surface area contributed by atoms with E-state index in [0.29, 0.717) is 5.56 Å². The highest BCUT2D eigenvalue weighted by Crippen LogP contribution is 2.40. The zero-order valence-electron chi connectivity index (χ0n) is 13.1. The van der Waals surface area contributed by atoms with Gasteiger partial charge in [-0.15, -0.1) is 0 Å². The molecule has 0 aliphatic carbocycles. The Morgan fingerprint density at radius 1 is 1.32 bits per heavy atom. The van der Waals surface area contributed by atoms with Crippen molar-refractivity contribution in [2.24, 2.45) is 0 Å². The van der Waals surface area contributed by atoms with Crippen molar-refractivity contribution in [3.63, 3.8) is 0 Å². The van der Waals surface area contributed by atoms with Crippen LogP contribution in [0.5, 0.6) is 5.75 Å². The van der Waals surface area contributed by atoms with Crippen LogP contribution in [-0.2, 0) is 0 Å². The fourth-order valence-corrected chi connectivity index (χ4v) is 3.08. The number of aromatic nitrogens is 1. The number of fused-ring (bicyclic) bond motifs is 1. The molecule has 0 spiro atoms. The number of nitrogens with zero attached hydrogens (tertiary/aromatic N) is 1. The van der Waals surface area contributed by atoms with Gasteiger partial charge < -0.3 is 10.1 Å². The van der Waals surface area contributed by atoms with Gasteiger partial charge in [-0.3, -0.25) is 4.98 Å². The van der Waals surface area contributed by atoms with Gasteiger partial charge in [0.2, 0.25) is 0 Å². The fourth-order valence-electron chi connectivity index (χ4n) is 3.08. The topological polar surface area (TPSA) is 34.1 Å². The van der Waals surface area contributed by atoms with Crippen LogP contribution in [0.15, 0.2) is 42.7 Å². The number of ether oxygens (including phenoxy) is 1. The van der Waals surface area contributed by atoms with E-state index in [0.717, 1.165) is 17.7 Å². The van der Waals surface area contributed by atoms with E-state index in [4.69, 9.17) is 4.74 Å². The summed E-state index contributed by atoms with van der Waals surface area (Å²) in [7, 11) is 0. The second-order valence-corrected chi connectivity index (χ2v) is 6.44. The molecule has 0 radical (unpaired) electrons. The van der Waals surface area contributed by atoms with Crippen LogP contribution < -0.4 is 10.1 Å². The van der Waals surface area contributed by atoms with Crippen molar-refractivity contribution >= 4 is 0 Å². The van der Waals surface area contributed by atoms with Crippen LogP contribution in [0.25, 0.3) is 0 Å². The second-order valence-electron chi connectivity index (χ2n) is 6.44. The molecule has 3 rings (SSSR count). The van der Waals surface area contributed by atoms with E-state index >= 15 is 0 Å². The van der Waals surface area contributed by atoms with Crippen LogP contribution in [0.1, 0.15) is 50.4 Å². The maximum atomic E-state index is 13.9. The minimum absolute atomic E-state index is 0.102. The number of rotatable bonds is 3.